The summed E-state index contributed by atoms with van der Waals surface area (Å²) in [5.41, 5.74) is 1.72. The van der Waals surface area contributed by atoms with Crippen molar-refractivity contribution in [1.29, 1.82) is 0 Å². The zero-order valence-corrected chi connectivity index (χ0v) is 13.0. The molecule has 5 heteroatoms. The normalized spacial score (nSPS) is 10.8. The largest absolute Gasteiger partial charge is 0.450 e. The number of hydrogen-bond acceptors (Lipinski definition) is 3. The zero-order chi connectivity index (χ0) is 14.8. The smallest absolute Gasteiger partial charge is 0.289 e. The van der Waals surface area contributed by atoms with Crippen molar-refractivity contribution in [2.75, 3.05) is 7.05 Å². The van der Waals surface area contributed by atoms with Crippen molar-refractivity contribution in [3.8, 4) is 0 Å². The molecule has 106 valence electrons. The molecule has 0 N–H and O–H groups in total. The summed E-state index contributed by atoms with van der Waals surface area (Å²) in [6.45, 7) is 0.513. The molecule has 1 amide bonds. The molecule has 0 aliphatic carbocycles. The predicted molar refractivity (Wildman–Crippen MR) is 83.9 cm³/mol. The Hall–Kier alpha value is -2.14. The van der Waals surface area contributed by atoms with E-state index in [9.17, 15) is 4.79 Å². The van der Waals surface area contributed by atoms with Gasteiger partial charge in [0.25, 0.3) is 5.91 Å². The summed E-state index contributed by atoms with van der Waals surface area (Å²) >= 11 is 3.42. The Balaban J connectivity index is 1.84. The Morgan fingerprint density at radius 1 is 1.29 bits per heavy atom. The van der Waals surface area contributed by atoms with Gasteiger partial charge in [0.15, 0.2) is 5.76 Å². The molecule has 0 spiro atoms. The molecule has 0 aliphatic rings. The monoisotopic (exact) mass is 344 g/mol. The fourth-order valence-corrected chi connectivity index (χ4v) is 2.62. The maximum absolute atomic E-state index is 12.4. The minimum absolute atomic E-state index is 0.144. The highest BCUT2D eigenvalue weighted by atomic mass is 79.9. The highest BCUT2D eigenvalue weighted by Crippen LogP contribution is 2.27. The molecule has 21 heavy (non-hydrogen) atoms. The van der Waals surface area contributed by atoms with E-state index in [0.717, 1.165) is 15.4 Å². The molecule has 0 unspecified atom stereocenters. The number of rotatable bonds is 3. The Morgan fingerprint density at radius 3 is 2.76 bits per heavy atom. The van der Waals surface area contributed by atoms with E-state index in [2.05, 4.69) is 20.9 Å². The molecule has 0 saturated carbocycles. The van der Waals surface area contributed by atoms with Gasteiger partial charge in [-0.3, -0.25) is 9.78 Å². The van der Waals surface area contributed by atoms with Gasteiger partial charge in [-0.05, 0) is 45.8 Å². The number of halogens is 1. The number of benzene rings is 1. The second-order valence-electron chi connectivity index (χ2n) is 4.79. The second-order valence-corrected chi connectivity index (χ2v) is 5.64. The number of furan rings is 1. The molecule has 3 rings (SSSR count). The van der Waals surface area contributed by atoms with Gasteiger partial charge in [0, 0.05) is 31.4 Å². The van der Waals surface area contributed by atoms with Gasteiger partial charge >= 0.3 is 0 Å². The third-order valence-electron chi connectivity index (χ3n) is 3.22. The van der Waals surface area contributed by atoms with Gasteiger partial charge in [-0.15, -0.1) is 0 Å². The Bertz CT molecular complexity index is 783. The van der Waals surface area contributed by atoms with Crippen LogP contribution in [0.1, 0.15) is 16.1 Å². The Morgan fingerprint density at radius 2 is 2.05 bits per heavy atom. The van der Waals surface area contributed by atoms with Gasteiger partial charge in [0.2, 0.25) is 0 Å². The lowest BCUT2D eigenvalue weighted by molar-refractivity contribution is 0.0756. The molecule has 0 atom stereocenters. The highest BCUT2D eigenvalue weighted by molar-refractivity contribution is 9.10. The summed E-state index contributed by atoms with van der Waals surface area (Å²) in [6, 6.07) is 11.3. The number of aromatic nitrogens is 1. The maximum Gasteiger partial charge on any atom is 0.289 e. The molecule has 0 radical (unpaired) electrons. The van der Waals surface area contributed by atoms with Crippen molar-refractivity contribution in [3.63, 3.8) is 0 Å². The lowest BCUT2D eigenvalue weighted by Crippen LogP contribution is -2.25. The first kappa shape index (κ1) is 13.8. The molecule has 1 aromatic carbocycles. The van der Waals surface area contributed by atoms with Crippen LogP contribution >= 0.6 is 15.9 Å². The number of carbonyl (C=O) groups excluding carboxylic acids is 1. The molecule has 2 aromatic heterocycles. The lowest BCUT2D eigenvalue weighted by Gasteiger charge is -2.15. The number of para-hydroxylation sites is 1. The van der Waals surface area contributed by atoms with E-state index in [-0.39, 0.29) is 5.91 Å². The van der Waals surface area contributed by atoms with Gasteiger partial charge in [-0.25, -0.2) is 0 Å². The standard InChI is InChI=1S/C16H13BrN2O2/c1-19(10-11-5-7-18-8-6-11)16(20)14-9-12-3-2-4-13(17)15(12)21-14/h2-9H,10H2,1H3. The van der Waals surface area contributed by atoms with Gasteiger partial charge in [0.1, 0.15) is 5.58 Å². The number of amides is 1. The first-order valence-corrected chi connectivity index (χ1v) is 7.27. The SMILES string of the molecule is CN(Cc1ccncc1)C(=O)c1cc2cccc(Br)c2o1. The van der Waals surface area contributed by atoms with E-state index in [1.807, 2.05) is 30.3 Å². The van der Waals surface area contributed by atoms with Gasteiger partial charge < -0.3 is 9.32 Å². The van der Waals surface area contributed by atoms with Gasteiger partial charge in [-0.1, -0.05) is 12.1 Å². The summed E-state index contributed by atoms with van der Waals surface area (Å²) in [4.78, 5) is 18.0. The molecule has 0 fully saturated rings. The fraction of sp³-hybridized carbons (Fsp3) is 0.125. The van der Waals surface area contributed by atoms with E-state index in [0.29, 0.717) is 17.9 Å². The van der Waals surface area contributed by atoms with Crippen molar-refractivity contribution in [1.82, 2.24) is 9.88 Å². The molecule has 0 bridgehead atoms. The Labute approximate surface area is 130 Å². The minimum atomic E-state index is -0.144. The first-order chi connectivity index (χ1) is 10.1. The van der Waals surface area contributed by atoms with Crippen LogP contribution in [0.25, 0.3) is 11.0 Å². The predicted octanol–water partition coefficient (Wildman–Crippen LogP) is 3.86. The van der Waals surface area contributed by atoms with E-state index in [1.54, 1.807) is 30.4 Å². The summed E-state index contributed by atoms with van der Waals surface area (Å²) < 4.78 is 6.51. The van der Waals surface area contributed by atoms with E-state index >= 15 is 0 Å². The van der Waals surface area contributed by atoms with Crippen LogP contribution in [0.15, 0.2) is 57.7 Å². The third-order valence-corrected chi connectivity index (χ3v) is 3.85. The Kier molecular flexibility index (Phi) is 3.75. The minimum Gasteiger partial charge on any atom is -0.450 e. The average Bonchev–Trinajstić information content (AvgIpc) is 2.93. The lowest BCUT2D eigenvalue weighted by atomic mass is 10.2. The third kappa shape index (κ3) is 2.83. The van der Waals surface area contributed by atoms with E-state index in [1.165, 1.54) is 0 Å². The van der Waals surface area contributed by atoms with Crippen LogP contribution in [0.4, 0.5) is 0 Å². The van der Waals surface area contributed by atoms with Crippen LogP contribution in [0.3, 0.4) is 0 Å². The number of hydrogen-bond donors (Lipinski definition) is 0. The van der Waals surface area contributed by atoms with E-state index in [4.69, 9.17) is 4.42 Å². The molecule has 2 heterocycles. The summed E-state index contributed by atoms with van der Waals surface area (Å²) in [7, 11) is 1.75. The fourth-order valence-electron chi connectivity index (χ4n) is 2.15. The molecule has 0 aliphatic heterocycles. The molecular weight excluding hydrogens is 332 g/mol. The zero-order valence-electron chi connectivity index (χ0n) is 11.4. The van der Waals surface area contributed by atoms with Crippen molar-refractivity contribution < 1.29 is 9.21 Å². The summed E-state index contributed by atoms with van der Waals surface area (Å²) in [5, 5.41) is 0.907. The van der Waals surface area contributed by atoms with Crippen molar-refractivity contribution in [2.45, 2.75) is 6.54 Å². The molecule has 4 nitrogen and oxygen atoms in total. The van der Waals surface area contributed by atoms with E-state index < -0.39 is 0 Å². The summed E-state index contributed by atoms with van der Waals surface area (Å²) in [5.74, 6) is 0.198. The van der Waals surface area contributed by atoms with Crippen LogP contribution in [-0.2, 0) is 6.54 Å². The average molecular weight is 345 g/mol. The number of carbonyl (C=O) groups is 1. The molecule has 3 aromatic rings. The van der Waals surface area contributed by atoms with Gasteiger partial charge in [-0.2, -0.15) is 0 Å². The van der Waals surface area contributed by atoms with Crippen LogP contribution in [0, 0.1) is 0 Å². The van der Waals surface area contributed by atoms with Crippen molar-refractivity contribution >= 4 is 32.8 Å². The van der Waals surface area contributed by atoms with Crippen LogP contribution in [-0.4, -0.2) is 22.8 Å². The summed E-state index contributed by atoms with van der Waals surface area (Å²) in [6.07, 6.45) is 3.43. The number of fused-ring (bicyclic) bond motifs is 1. The maximum atomic E-state index is 12.4. The van der Waals surface area contributed by atoms with Crippen LogP contribution in [0.5, 0.6) is 0 Å². The van der Waals surface area contributed by atoms with Crippen LogP contribution in [0.2, 0.25) is 0 Å². The molecular formula is C16H13BrN2O2. The number of nitrogens with zero attached hydrogens (tertiary/aromatic N) is 2. The number of pyridine rings is 1. The first-order valence-electron chi connectivity index (χ1n) is 6.47. The molecule has 0 saturated heterocycles. The second kappa shape index (κ2) is 5.69. The topological polar surface area (TPSA) is 46.3 Å². The van der Waals surface area contributed by atoms with Crippen LogP contribution < -0.4 is 0 Å². The van der Waals surface area contributed by atoms with Gasteiger partial charge in [0.05, 0.1) is 4.47 Å². The van der Waals surface area contributed by atoms with Crippen molar-refractivity contribution in [2.24, 2.45) is 0 Å². The highest BCUT2D eigenvalue weighted by Gasteiger charge is 2.17. The van der Waals surface area contributed by atoms with Crippen molar-refractivity contribution in [3.05, 3.63) is 64.6 Å². The quantitative estimate of drug-likeness (QED) is 0.724.